The summed E-state index contributed by atoms with van der Waals surface area (Å²) in [4.78, 5) is 11.7. The quantitative estimate of drug-likeness (QED) is 0.830. The fourth-order valence-corrected chi connectivity index (χ4v) is 4.55. The molecule has 0 saturated heterocycles. The molecule has 1 aromatic heterocycles. The summed E-state index contributed by atoms with van der Waals surface area (Å²) in [6, 6.07) is 0. The van der Waals surface area contributed by atoms with E-state index in [0.717, 1.165) is 22.8 Å². The van der Waals surface area contributed by atoms with Gasteiger partial charge in [0.05, 0.1) is 11.3 Å². The van der Waals surface area contributed by atoms with Crippen molar-refractivity contribution in [1.82, 2.24) is 4.37 Å². The lowest BCUT2D eigenvalue weighted by Crippen LogP contribution is -2.35. The third-order valence-corrected chi connectivity index (χ3v) is 6.30. The number of carbonyl (C=O) groups is 1. The third-order valence-electron chi connectivity index (χ3n) is 3.98. The summed E-state index contributed by atoms with van der Waals surface area (Å²) in [5, 5.41) is 4.44. The molecule has 0 unspecified atom stereocenters. The smallest absolute Gasteiger partial charge is 0.164 e. The van der Waals surface area contributed by atoms with E-state index in [4.69, 9.17) is 0 Å². The van der Waals surface area contributed by atoms with Crippen molar-refractivity contribution in [2.75, 3.05) is 18.1 Å². The standard InChI is InChI=1S/C14H22N2OS2/c1-10-12(11(2)17)13(19-16-10)15-9-14(18-3)7-5-4-6-8-14/h15H,4-9H2,1-3H3. The lowest BCUT2D eigenvalue weighted by molar-refractivity contribution is 0.101. The molecule has 0 spiro atoms. The van der Waals surface area contributed by atoms with Crippen LogP contribution < -0.4 is 5.32 Å². The number of thioether (sulfide) groups is 1. The van der Waals surface area contributed by atoms with Gasteiger partial charge in [-0.2, -0.15) is 16.1 Å². The van der Waals surface area contributed by atoms with E-state index < -0.39 is 0 Å². The van der Waals surface area contributed by atoms with Gasteiger partial charge in [-0.25, -0.2) is 0 Å². The molecule has 19 heavy (non-hydrogen) atoms. The van der Waals surface area contributed by atoms with Gasteiger partial charge >= 0.3 is 0 Å². The van der Waals surface area contributed by atoms with Gasteiger partial charge < -0.3 is 5.32 Å². The summed E-state index contributed by atoms with van der Waals surface area (Å²) < 4.78 is 4.64. The van der Waals surface area contributed by atoms with Gasteiger partial charge in [-0.15, -0.1) is 0 Å². The number of rotatable bonds is 5. The minimum absolute atomic E-state index is 0.107. The molecule has 1 N–H and O–H groups in total. The third kappa shape index (κ3) is 3.31. The van der Waals surface area contributed by atoms with Crippen LogP contribution in [0, 0.1) is 6.92 Å². The molecule has 5 heteroatoms. The van der Waals surface area contributed by atoms with E-state index in [0.29, 0.717) is 4.75 Å². The highest BCUT2D eigenvalue weighted by Crippen LogP contribution is 2.39. The summed E-state index contributed by atoms with van der Waals surface area (Å²) >= 11 is 3.38. The Morgan fingerprint density at radius 1 is 1.42 bits per heavy atom. The summed E-state index contributed by atoms with van der Waals surface area (Å²) in [7, 11) is 0. The van der Waals surface area contributed by atoms with Crippen LogP contribution in [-0.2, 0) is 0 Å². The number of anilines is 1. The van der Waals surface area contributed by atoms with Gasteiger partial charge in [0, 0.05) is 11.3 Å². The van der Waals surface area contributed by atoms with Crippen molar-refractivity contribution in [2.24, 2.45) is 0 Å². The van der Waals surface area contributed by atoms with Crippen molar-refractivity contribution in [1.29, 1.82) is 0 Å². The molecule has 0 aliphatic heterocycles. The summed E-state index contributed by atoms with van der Waals surface area (Å²) in [5.41, 5.74) is 1.62. The molecule has 1 heterocycles. The molecular formula is C14H22N2OS2. The van der Waals surface area contributed by atoms with E-state index in [9.17, 15) is 4.79 Å². The largest absolute Gasteiger partial charge is 0.374 e. The lowest BCUT2D eigenvalue weighted by Gasteiger charge is -2.36. The van der Waals surface area contributed by atoms with Crippen LogP contribution in [0.2, 0.25) is 0 Å². The fourth-order valence-electron chi connectivity index (χ4n) is 2.80. The Balaban J connectivity index is 2.07. The Morgan fingerprint density at radius 2 is 2.11 bits per heavy atom. The first kappa shape index (κ1) is 14.9. The van der Waals surface area contributed by atoms with E-state index in [1.807, 2.05) is 18.7 Å². The molecule has 1 aliphatic carbocycles. The molecule has 0 amide bonds. The van der Waals surface area contributed by atoms with Gasteiger partial charge in [0.2, 0.25) is 0 Å². The SMILES string of the molecule is CSC1(CNc2snc(C)c2C(C)=O)CCCCC1. The number of ketones is 1. The molecule has 1 saturated carbocycles. The molecule has 0 aromatic carbocycles. The molecule has 106 valence electrons. The number of nitrogens with one attached hydrogen (secondary N) is 1. The Hall–Kier alpha value is -0.550. The average molecular weight is 298 g/mol. The number of aromatic nitrogens is 1. The van der Waals surface area contributed by atoms with Crippen LogP contribution >= 0.6 is 23.3 Å². The van der Waals surface area contributed by atoms with Crippen molar-refractivity contribution in [2.45, 2.75) is 50.7 Å². The Kier molecular flexibility index (Phi) is 4.90. The van der Waals surface area contributed by atoms with Crippen molar-refractivity contribution in [3.8, 4) is 0 Å². The van der Waals surface area contributed by atoms with E-state index in [-0.39, 0.29) is 5.78 Å². The Bertz CT molecular complexity index is 450. The van der Waals surface area contributed by atoms with Crippen LogP contribution in [0.1, 0.15) is 55.1 Å². The minimum atomic E-state index is 0.107. The van der Waals surface area contributed by atoms with Crippen molar-refractivity contribution in [3.05, 3.63) is 11.3 Å². The second-order valence-corrected chi connectivity index (χ2v) is 7.38. The molecule has 2 rings (SSSR count). The summed E-state index contributed by atoms with van der Waals surface area (Å²) in [6.07, 6.45) is 8.76. The molecule has 0 atom stereocenters. The maximum absolute atomic E-state index is 11.7. The predicted molar refractivity (Wildman–Crippen MR) is 84.7 cm³/mol. The second kappa shape index (κ2) is 6.27. The van der Waals surface area contributed by atoms with E-state index in [1.165, 1.54) is 43.6 Å². The summed E-state index contributed by atoms with van der Waals surface area (Å²) in [6.45, 7) is 4.46. The van der Waals surface area contributed by atoms with Crippen LogP contribution in [0.5, 0.6) is 0 Å². The van der Waals surface area contributed by atoms with Crippen LogP contribution in [0.3, 0.4) is 0 Å². The molecular weight excluding hydrogens is 276 g/mol. The number of hydrogen-bond acceptors (Lipinski definition) is 5. The summed E-state index contributed by atoms with van der Waals surface area (Å²) in [5.74, 6) is 0.107. The second-order valence-electron chi connectivity index (χ2n) is 5.33. The molecule has 3 nitrogen and oxygen atoms in total. The normalized spacial score (nSPS) is 18.3. The van der Waals surface area contributed by atoms with Crippen LogP contribution in [0.4, 0.5) is 5.00 Å². The van der Waals surface area contributed by atoms with E-state index >= 15 is 0 Å². The number of Topliss-reactive ketones (excluding diaryl/α,β-unsaturated/α-hetero) is 1. The van der Waals surface area contributed by atoms with Crippen LogP contribution in [0.25, 0.3) is 0 Å². The number of nitrogens with zero attached hydrogens (tertiary/aromatic N) is 1. The highest BCUT2D eigenvalue weighted by molar-refractivity contribution is 8.00. The minimum Gasteiger partial charge on any atom is -0.374 e. The highest BCUT2D eigenvalue weighted by atomic mass is 32.2. The number of aryl methyl sites for hydroxylation is 1. The van der Waals surface area contributed by atoms with Gasteiger partial charge in [0.1, 0.15) is 5.00 Å². The molecule has 1 aliphatic rings. The maximum atomic E-state index is 11.7. The highest BCUT2D eigenvalue weighted by Gasteiger charge is 2.31. The number of carbonyl (C=O) groups excluding carboxylic acids is 1. The van der Waals surface area contributed by atoms with Crippen LogP contribution in [0.15, 0.2) is 0 Å². The van der Waals surface area contributed by atoms with Gasteiger partial charge in [-0.3, -0.25) is 4.79 Å². The number of hydrogen-bond donors (Lipinski definition) is 1. The maximum Gasteiger partial charge on any atom is 0.164 e. The zero-order chi connectivity index (χ0) is 13.9. The first-order valence-electron chi connectivity index (χ1n) is 6.84. The zero-order valence-electron chi connectivity index (χ0n) is 11.9. The average Bonchev–Trinajstić information content (AvgIpc) is 2.79. The molecule has 1 aromatic rings. The predicted octanol–water partition coefficient (Wildman–Crippen LogP) is 4.13. The Morgan fingerprint density at radius 3 is 2.68 bits per heavy atom. The van der Waals surface area contributed by atoms with Crippen molar-refractivity contribution >= 4 is 34.1 Å². The lowest BCUT2D eigenvalue weighted by atomic mass is 9.88. The first-order chi connectivity index (χ1) is 9.08. The van der Waals surface area contributed by atoms with Gasteiger partial charge in [0.25, 0.3) is 0 Å². The van der Waals surface area contributed by atoms with Gasteiger partial charge in [-0.05, 0) is 44.5 Å². The van der Waals surface area contributed by atoms with E-state index in [1.54, 1.807) is 6.92 Å². The van der Waals surface area contributed by atoms with Gasteiger partial charge in [0.15, 0.2) is 5.78 Å². The Labute approximate surface area is 123 Å². The van der Waals surface area contributed by atoms with E-state index in [2.05, 4.69) is 15.9 Å². The fraction of sp³-hybridized carbons (Fsp3) is 0.714. The van der Waals surface area contributed by atoms with Crippen molar-refractivity contribution < 1.29 is 4.79 Å². The topological polar surface area (TPSA) is 42.0 Å². The molecule has 1 fully saturated rings. The zero-order valence-corrected chi connectivity index (χ0v) is 13.5. The molecule has 0 radical (unpaired) electrons. The first-order valence-corrected chi connectivity index (χ1v) is 8.84. The van der Waals surface area contributed by atoms with Crippen LogP contribution in [-0.4, -0.2) is 27.7 Å². The monoisotopic (exact) mass is 298 g/mol. The van der Waals surface area contributed by atoms with Crippen molar-refractivity contribution in [3.63, 3.8) is 0 Å². The molecule has 0 bridgehead atoms. The van der Waals surface area contributed by atoms with Gasteiger partial charge in [-0.1, -0.05) is 19.3 Å².